The molecule has 0 bridgehead atoms. The molecule has 4 amide bonds. The van der Waals surface area contributed by atoms with E-state index in [-0.39, 0.29) is 71.8 Å². The molecule has 0 aromatic heterocycles. The molecule has 9 rings (SSSR count). The van der Waals surface area contributed by atoms with E-state index in [0.29, 0.717) is 76.7 Å². The van der Waals surface area contributed by atoms with Crippen LogP contribution in [-0.4, -0.2) is 78.6 Å². The van der Waals surface area contributed by atoms with E-state index >= 15 is 0 Å². The average molecular weight is 1040 g/mol. The highest BCUT2D eigenvalue weighted by Crippen LogP contribution is 2.43. The molecule has 14 nitrogen and oxygen atoms in total. The van der Waals surface area contributed by atoms with Gasteiger partial charge in [0.1, 0.15) is 24.7 Å². The predicted octanol–water partition coefficient (Wildman–Crippen LogP) is 11.0. The molecule has 4 aliphatic heterocycles. The summed E-state index contributed by atoms with van der Waals surface area (Å²) in [5, 5.41) is 5.76. The number of carbonyl (C=O) groups excluding carboxylic acids is 5. The normalized spacial score (nSPS) is 16.9. The van der Waals surface area contributed by atoms with Crippen molar-refractivity contribution in [1.82, 2.24) is 5.32 Å². The molecule has 16 heteroatoms. The third-order valence-electron chi connectivity index (χ3n) is 14.0. The first-order valence-electron chi connectivity index (χ1n) is 25.1. The quantitative estimate of drug-likeness (QED) is 0.0565. The van der Waals surface area contributed by atoms with Crippen LogP contribution in [0.2, 0.25) is 0 Å². The second-order valence-electron chi connectivity index (χ2n) is 20.1. The first-order valence-corrected chi connectivity index (χ1v) is 27.4. The molecule has 0 fully saturated rings. The maximum Gasteiger partial charge on any atom is 0.261 e. The lowest BCUT2D eigenvalue weighted by atomic mass is 9.97. The van der Waals surface area contributed by atoms with Crippen molar-refractivity contribution >= 4 is 91.9 Å². The fourth-order valence-electron chi connectivity index (χ4n) is 9.80. The lowest BCUT2D eigenvalue weighted by molar-refractivity contribution is -0.125. The number of benzene rings is 5. The molecule has 4 heterocycles. The number of aryl methyl sites for hydroxylation is 1. The summed E-state index contributed by atoms with van der Waals surface area (Å²) in [5.74, 6) is 0.916. The molecule has 0 aliphatic carbocycles. The number of anilines is 3. The predicted molar refractivity (Wildman–Crippen MR) is 296 cm³/mol. The molecule has 4 aliphatic rings. The number of methoxy groups -OCH3 is 1. The van der Waals surface area contributed by atoms with Crippen LogP contribution in [0.15, 0.2) is 101 Å². The van der Waals surface area contributed by atoms with Gasteiger partial charge in [0, 0.05) is 96.7 Å². The minimum absolute atomic E-state index is 0.00844. The number of carbonyl (C=O) groups is 5. The van der Waals surface area contributed by atoms with Crippen molar-refractivity contribution in [1.29, 1.82) is 0 Å². The van der Waals surface area contributed by atoms with Crippen molar-refractivity contribution in [3.05, 3.63) is 130 Å². The first kappa shape index (κ1) is 52.0. The summed E-state index contributed by atoms with van der Waals surface area (Å²) in [6, 6.07) is 28.0. The number of aliphatic imine (C=N–C) groups is 2. The number of Topliss-reactive ketones (excluding diaryl/α,β-unsaturated/α-hetero) is 1. The van der Waals surface area contributed by atoms with Crippen LogP contribution in [0.25, 0.3) is 0 Å². The molecule has 1 unspecified atom stereocenters. The zero-order chi connectivity index (χ0) is 52.3. The maximum atomic E-state index is 14.1. The van der Waals surface area contributed by atoms with E-state index in [4.69, 9.17) is 24.2 Å². The van der Waals surface area contributed by atoms with Crippen LogP contribution in [0, 0.1) is 18.8 Å². The highest BCUT2D eigenvalue weighted by Gasteiger charge is 2.38. The minimum atomic E-state index is -0.607. The van der Waals surface area contributed by atoms with Gasteiger partial charge in [0.25, 0.3) is 11.8 Å². The lowest BCUT2D eigenvalue weighted by Gasteiger charge is -2.23. The van der Waals surface area contributed by atoms with Gasteiger partial charge in [-0.3, -0.25) is 43.8 Å². The molecule has 74 heavy (non-hydrogen) atoms. The topological polar surface area (TPSA) is 168 Å². The van der Waals surface area contributed by atoms with E-state index < -0.39 is 5.92 Å². The van der Waals surface area contributed by atoms with E-state index in [9.17, 15) is 24.0 Å². The summed E-state index contributed by atoms with van der Waals surface area (Å²) >= 11 is 0. The lowest BCUT2D eigenvalue weighted by Crippen LogP contribution is -2.37. The number of para-hydroxylation sites is 2. The number of hydrogen-bond donors (Lipinski definition) is 2. The standard InChI is InChI=1S/C58H62N6O8S2/c1-34(54(66)59-6)17-19-73-74-58(4,5)18-16-44(65)20-36(3)55(67)62-41-23-37(32-71-51-28-47-45(21-35(51)2)56(68)63-42(30-60-47)25-39-12-8-10-14-49(39)63)22-38(24-41)33-72-53-29-48-46(27-52(53)70-7)57(69)64-43(31-61-48)26-40-13-9-11-15-50(40)64/h8-15,21-24,27-31,34,36,42-43H,16-20,25-26,32-33H2,1-7H3,(H,59,66)(H,62,67)/t34?,36-,42+,43+/m1/s1. The van der Waals surface area contributed by atoms with Crippen LogP contribution < -0.4 is 34.6 Å². The van der Waals surface area contributed by atoms with Gasteiger partial charge in [0.05, 0.1) is 41.7 Å². The summed E-state index contributed by atoms with van der Waals surface area (Å²) in [6.45, 7) is 9.95. The molecule has 0 spiro atoms. The van der Waals surface area contributed by atoms with E-state index in [2.05, 4.69) is 24.5 Å². The summed E-state index contributed by atoms with van der Waals surface area (Å²) < 4.78 is 18.6. The largest absolute Gasteiger partial charge is 0.493 e. The van der Waals surface area contributed by atoms with Crippen LogP contribution in [0.3, 0.4) is 0 Å². The van der Waals surface area contributed by atoms with E-state index in [1.807, 2.05) is 104 Å². The Kier molecular flexibility index (Phi) is 15.7. The average Bonchev–Trinajstić information content (AvgIpc) is 3.89. The Bertz CT molecular complexity index is 3080. The van der Waals surface area contributed by atoms with Crippen molar-refractivity contribution in [3.8, 4) is 17.2 Å². The van der Waals surface area contributed by atoms with Crippen molar-refractivity contribution in [3.63, 3.8) is 0 Å². The van der Waals surface area contributed by atoms with Gasteiger partial charge in [0.2, 0.25) is 11.8 Å². The fourth-order valence-corrected chi connectivity index (χ4v) is 12.6. The Labute approximate surface area is 440 Å². The second kappa shape index (κ2) is 22.3. The number of ketones is 1. The van der Waals surface area contributed by atoms with Crippen LogP contribution in [0.4, 0.5) is 28.4 Å². The van der Waals surface area contributed by atoms with Crippen LogP contribution in [0.1, 0.15) is 102 Å². The number of hydrogen-bond acceptors (Lipinski definition) is 12. The van der Waals surface area contributed by atoms with Gasteiger partial charge in [0.15, 0.2) is 11.5 Å². The van der Waals surface area contributed by atoms with Crippen LogP contribution in [-0.2, 0) is 40.4 Å². The Morgan fingerprint density at radius 3 is 1.91 bits per heavy atom. The molecule has 4 atom stereocenters. The van der Waals surface area contributed by atoms with Crippen molar-refractivity contribution in [2.45, 2.75) is 103 Å². The van der Waals surface area contributed by atoms with Gasteiger partial charge in [-0.2, -0.15) is 0 Å². The molecule has 0 saturated heterocycles. The minimum Gasteiger partial charge on any atom is -0.493 e. The van der Waals surface area contributed by atoms with E-state index in [1.165, 1.54) is 7.11 Å². The summed E-state index contributed by atoms with van der Waals surface area (Å²) in [6.07, 6.45) is 6.86. The highest BCUT2D eigenvalue weighted by molar-refractivity contribution is 8.77. The third-order valence-corrected chi connectivity index (χ3v) is 17.4. The smallest absolute Gasteiger partial charge is 0.261 e. The number of ether oxygens (including phenoxy) is 3. The van der Waals surface area contributed by atoms with E-state index in [1.54, 1.807) is 58.7 Å². The van der Waals surface area contributed by atoms with Gasteiger partial charge in [-0.25, -0.2) is 0 Å². The van der Waals surface area contributed by atoms with Crippen LogP contribution >= 0.6 is 21.6 Å². The molecule has 5 aromatic rings. The Morgan fingerprint density at radius 2 is 1.31 bits per heavy atom. The summed E-state index contributed by atoms with van der Waals surface area (Å²) in [7, 11) is 6.60. The van der Waals surface area contributed by atoms with Gasteiger partial charge in [-0.1, -0.05) is 71.8 Å². The Morgan fingerprint density at radius 1 is 0.743 bits per heavy atom. The molecule has 5 aromatic carbocycles. The molecule has 0 saturated carbocycles. The second-order valence-corrected chi connectivity index (χ2v) is 23.2. The molecular weight excluding hydrogens is 973 g/mol. The summed E-state index contributed by atoms with van der Waals surface area (Å²) in [5.41, 5.74) is 8.55. The zero-order valence-electron chi connectivity index (χ0n) is 42.9. The van der Waals surface area contributed by atoms with Gasteiger partial charge in [-0.15, -0.1) is 0 Å². The number of rotatable bonds is 20. The van der Waals surface area contributed by atoms with Crippen molar-refractivity contribution in [2.75, 3.05) is 35.0 Å². The zero-order valence-corrected chi connectivity index (χ0v) is 44.5. The van der Waals surface area contributed by atoms with Gasteiger partial charge < -0.3 is 24.8 Å². The fraction of sp³-hybridized carbons (Fsp3) is 0.362. The SMILES string of the molecule is CNC(=O)C(C)CCSSC(C)(C)CCC(=O)C[C@@H](C)C(=O)Nc1cc(COc2cc3c(cc2C)C(=O)N2c4ccccc4C[C@H]2C=N3)cc(COc2cc3c(cc2OC)C(=O)N2c4ccccc4C[C@H]2C=N3)c1. The number of amides is 4. The molecule has 384 valence electrons. The van der Waals surface area contributed by atoms with Crippen molar-refractivity contribution < 1.29 is 38.2 Å². The van der Waals surface area contributed by atoms with Crippen LogP contribution in [0.5, 0.6) is 17.2 Å². The molecule has 0 radical (unpaired) electrons. The number of nitrogens with one attached hydrogen (secondary N) is 2. The molecule has 2 N–H and O–H groups in total. The van der Waals surface area contributed by atoms with Crippen molar-refractivity contribution in [2.24, 2.45) is 21.8 Å². The Balaban J connectivity index is 0.906. The monoisotopic (exact) mass is 1030 g/mol. The maximum absolute atomic E-state index is 14.1. The van der Waals surface area contributed by atoms with Gasteiger partial charge >= 0.3 is 0 Å². The Hall–Kier alpha value is -6.91. The third kappa shape index (κ3) is 11.4. The first-order chi connectivity index (χ1) is 35.6. The number of fused-ring (bicyclic) bond motifs is 8. The number of nitrogens with zero attached hydrogens (tertiary/aromatic N) is 4. The van der Waals surface area contributed by atoms with E-state index in [0.717, 1.165) is 45.8 Å². The highest BCUT2D eigenvalue weighted by atomic mass is 33.1. The molecular formula is C58H62N6O8S2. The van der Waals surface area contributed by atoms with Gasteiger partial charge in [-0.05, 0) is 104 Å². The summed E-state index contributed by atoms with van der Waals surface area (Å²) in [4.78, 5) is 80.4.